The first kappa shape index (κ1) is 15.1. The van der Waals surface area contributed by atoms with E-state index in [1.165, 1.54) is 12.3 Å². The van der Waals surface area contributed by atoms with Crippen molar-refractivity contribution >= 4 is 17.5 Å². The van der Waals surface area contributed by atoms with E-state index in [4.69, 9.17) is 16.3 Å². The monoisotopic (exact) mass is 298 g/mol. The quantitative estimate of drug-likeness (QED) is 0.874. The number of carbonyl (C=O) groups is 1. The van der Waals surface area contributed by atoms with E-state index in [-0.39, 0.29) is 12.5 Å². The van der Waals surface area contributed by atoms with Gasteiger partial charge in [-0.2, -0.15) is 0 Å². The Kier molecular flexibility index (Phi) is 4.83. The second-order valence-corrected chi connectivity index (χ2v) is 5.45. The van der Waals surface area contributed by atoms with Crippen molar-refractivity contribution in [2.45, 2.75) is 38.1 Å². The van der Waals surface area contributed by atoms with Gasteiger partial charge in [-0.25, -0.2) is 4.98 Å². The van der Waals surface area contributed by atoms with Gasteiger partial charge in [0.25, 0.3) is 5.91 Å². The number of hydrogen-bond donors (Lipinski definition) is 2. The van der Waals surface area contributed by atoms with Gasteiger partial charge in [0.05, 0.1) is 24.3 Å². The molecule has 110 valence electrons. The van der Waals surface area contributed by atoms with Gasteiger partial charge in [-0.1, -0.05) is 24.4 Å². The Balaban J connectivity index is 2.11. The van der Waals surface area contributed by atoms with Crippen molar-refractivity contribution in [3.05, 3.63) is 22.8 Å². The number of hydrogen-bond acceptors (Lipinski definition) is 4. The minimum Gasteiger partial charge on any atom is -0.477 e. The van der Waals surface area contributed by atoms with Crippen LogP contribution in [-0.2, 0) is 0 Å². The summed E-state index contributed by atoms with van der Waals surface area (Å²) < 4.78 is 5.23. The van der Waals surface area contributed by atoms with Gasteiger partial charge < -0.3 is 15.2 Å². The summed E-state index contributed by atoms with van der Waals surface area (Å²) >= 11 is 6.02. The van der Waals surface area contributed by atoms with Crippen LogP contribution in [0.25, 0.3) is 0 Å². The van der Waals surface area contributed by atoms with E-state index < -0.39 is 5.54 Å². The summed E-state index contributed by atoms with van der Waals surface area (Å²) in [6.07, 6.45) is 5.07. The summed E-state index contributed by atoms with van der Waals surface area (Å²) in [4.78, 5) is 16.3. The number of rotatable bonds is 5. The highest BCUT2D eigenvalue weighted by molar-refractivity contribution is 6.32. The molecule has 1 aromatic heterocycles. The highest BCUT2D eigenvalue weighted by Gasteiger charge is 2.34. The molecule has 5 nitrogen and oxygen atoms in total. The molecule has 0 atom stereocenters. The molecule has 1 heterocycles. The zero-order valence-electron chi connectivity index (χ0n) is 11.5. The third kappa shape index (κ3) is 3.22. The number of nitrogens with zero attached hydrogens (tertiary/aromatic N) is 1. The Morgan fingerprint density at radius 3 is 2.80 bits per heavy atom. The topological polar surface area (TPSA) is 71.5 Å². The van der Waals surface area contributed by atoms with Crippen LogP contribution in [-0.4, -0.2) is 34.8 Å². The van der Waals surface area contributed by atoms with Crippen LogP contribution in [0.5, 0.6) is 5.88 Å². The lowest BCUT2D eigenvalue weighted by molar-refractivity contribution is 0.0838. The number of aliphatic hydroxyl groups is 1. The first-order valence-corrected chi connectivity index (χ1v) is 7.20. The maximum Gasteiger partial charge on any atom is 0.253 e. The minimum absolute atomic E-state index is 0.0447. The van der Waals surface area contributed by atoms with Crippen LogP contribution >= 0.6 is 11.6 Å². The van der Waals surface area contributed by atoms with Gasteiger partial charge >= 0.3 is 0 Å². The van der Waals surface area contributed by atoms with Crippen molar-refractivity contribution in [1.29, 1.82) is 0 Å². The maximum absolute atomic E-state index is 12.2. The van der Waals surface area contributed by atoms with Crippen LogP contribution in [0.15, 0.2) is 12.3 Å². The number of carbonyl (C=O) groups excluding carboxylic acids is 1. The van der Waals surface area contributed by atoms with E-state index >= 15 is 0 Å². The number of aromatic nitrogens is 1. The van der Waals surface area contributed by atoms with Crippen molar-refractivity contribution in [2.24, 2.45) is 0 Å². The molecular formula is C14H19ClN2O3. The predicted molar refractivity (Wildman–Crippen MR) is 76.2 cm³/mol. The molecule has 1 amide bonds. The second-order valence-electron chi connectivity index (χ2n) is 5.04. The number of pyridine rings is 1. The normalized spacial score (nSPS) is 16.9. The zero-order valence-corrected chi connectivity index (χ0v) is 12.2. The summed E-state index contributed by atoms with van der Waals surface area (Å²) in [5, 5.41) is 12.7. The van der Waals surface area contributed by atoms with E-state index in [9.17, 15) is 9.90 Å². The summed E-state index contributed by atoms with van der Waals surface area (Å²) in [6, 6.07) is 1.54. The molecule has 0 spiro atoms. The number of ether oxygens (including phenoxy) is 1. The molecule has 20 heavy (non-hydrogen) atoms. The van der Waals surface area contributed by atoms with E-state index in [0.29, 0.717) is 23.1 Å². The maximum atomic E-state index is 12.2. The Labute approximate surface area is 123 Å². The molecule has 1 aromatic rings. The third-order valence-electron chi connectivity index (χ3n) is 3.59. The first-order chi connectivity index (χ1) is 9.60. The number of halogens is 1. The van der Waals surface area contributed by atoms with Crippen LogP contribution in [0.2, 0.25) is 5.02 Å². The fourth-order valence-electron chi connectivity index (χ4n) is 2.48. The largest absolute Gasteiger partial charge is 0.477 e. The van der Waals surface area contributed by atoms with E-state index in [1.54, 1.807) is 0 Å². The molecule has 2 N–H and O–H groups in total. The molecule has 0 saturated heterocycles. The number of amides is 1. The Morgan fingerprint density at radius 2 is 2.25 bits per heavy atom. The zero-order chi connectivity index (χ0) is 14.6. The van der Waals surface area contributed by atoms with Crippen LogP contribution in [0.1, 0.15) is 43.0 Å². The SMILES string of the molecule is CCOc1ncc(C(=O)NC2(CO)CCCC2)cc1Cl. The summed E-state index contributed by atoms with van der Waals surface area (Å²) in [7, 11) is 0. The molecule has 0 aromatic carbocycles. The van der Waals surface area contributed by atoms with Gasteiger partial charge in [-0.3, -0.25) is 4.79 Å². The van der Waals surface area contributed by atoms with Crippen molar-refractivity contribution in [3.8, 4) is 5.88 Å². The molecule has 6 heteroatoms. The first-order valence-electron chi connectivity index (χ1n) is 6.82. The lowest BCUT2D eigenvalue weighted by Gasteiger charge is -2.27. The Hall–Kier alpha value is -1.33. The van der Waals surface area contributed by atoms with Crippen molar-refractivity contribution in [3.63, 3.8) is 0 Å². The smallest absolute Gasteiger partial charge is 0.253 e. The van der Waals surface area contributed by atoms with E-state index in [2.05, 4.69) is 10.3 Å². The van der Waals surface area contributed by atoms with Gasteiger partial charge in [0.2, 0.25) is 5.88 Å². The third-order valence-corrected chi connectivity index (χ3v) is 3.86. The van der Waals surface area contributed by atoms with Gasteiger partial charge in [0, 0.05) is 6.20 Å². The van der Waals surface area contributed by atoms with Crippen LogP contribution in [0, 0.1) is 0 Å². The highest BCUT2D eigenvalue weighted by Crippen LogP contribution is 2.30. The van der Waals surface area contributed by atoms with Crippen LogP contribution in [0.4, 0.5) is 0 Å². The summed E-state index contributed by atoms with van der Waals surface area (Å²) in [6.45, 7) is 2.26. The standard InChI is InChI=1S/C14H19ClN2O3/c1-2-20-13-11(15)7-10(8-16-13)12(19)17-14(9-18)5-3-4-6-14/h7-8,18H,2-6,9H2,1H3,(H,17,19). The van der Waals surface area contributed by atoms with Crippen molar-refractivity contribution in [1.82, 2.24) is 10.3 Å². The van der Waals surface area contributed by atoms with Crippen molar-refractivity contribution in [2.75, 3.05) is 13.2 Å². The second kappa shape index (κ2) is 6.41. The average molecular weight is 299 g/mol. The fraction of sp³-hybridized carbons (Fsp3) is 0.571. The molecule has 1 saturated carbocycles. The molecule has 2 rings (SSSR count). The molecule has 0 aliphatic heterocycles. The molecule has 1 fully saturated rings. The number of aliphatic hydroxyl groups excluding tert-OH is 1. The highest BCUT2D eigenvalue weighted by atomic mass is 35.5. The molecule has 1 aliphatic carbocycles. The molecule has 1 aliphatic rings. The van der Waals surface area contributed by atoms with E-state index in [0.717, 1.165) is 25.7 Å². The average Bonchev–Trinajstić information content (AvgIpc) is 2.90. The van der Waals surface area contributed by atoms with Gasteiger partial charge in [0.15, 0.2) is 0 Å². The van der Waals surface area contributed by atoms with Crippen LogP contribution < -0.4 is 10.1 Å². The van der Waals surface area contributed by atoms with Gasteiger partial charge in [-0.15, -0.1) is 0 Å². The van der Waals surface area contributed by atoms with Crippen molar-refractivity contribution < 1.29 is 14.6 Å². The molecular weight excluding hydrogens is 280 g/mol. The Bertz CT molecular complexity index is 487. The minimum atomic E-state index is -0.498. The summed E-state index contributed by atoms with van der Waals surface area (Å²) in [5.41, 5.74) is -0.125. The van der Waals surface area contributed by atoms with Gasteiger partial charge in [-0.05, 0) is 25.8 Å². The molecule has 0 radical (unpaired) electrons. The predicted octanol–water partition coefficient (Wildman–Crippen LogP) is 2.17. The Morgan fingerprint density at radius 1 is 1.55 bits per heavy atom. The van der Waals surface area contributed by atoms with E-state index in [1.807, 2.05) is 6.92 Å². The van der Waals surface area contributed by atoms with Crippen LogP contribution in [0.3, 0.4) is 0 Å². The number of nitrogens with one attached hydrogen (secondary N) is 1. The molecule has 0 unspecified atom stereocenters. The molecule has 0 bridgehead atoms. The summed E-state index contributed by atoms with van der Waals surface area (Å²) in [5.74, 6) is 0.0573. The fourth-order valence-corrected chi connectivity index (χ4v) is 2.70. The lowest BCUT2D eigenvalue weighted by atomic mass is 9.98. The van der Waals surface area contributed by atoms with Gasteiger partial charge in [0.1, 0.15) is 5.02 Å². The lowest BCUT2D eigenvalue weighted by Crippen LogP contribution is -2.49.